The van der Waals surface area contributed by atoms with Gasteiger partial charge in [0.2, 0.25) is 0 Å². The van der Waals surface area contributed by atoms with Gasteiger partial charge in [0.1, 0.15) is 0 Å². The molecule has 0 radical (unpaired) electrons. The second kappa shape index (κ2) is 5.31. The number of hydrogen-bond donors (Lipinski definition) is 1. The van der Waals surface area contributed by atoms with Gasteiger partial charge in [-0.2, -0.15) is 0 Å². The SMILES string of the molecule is CC(C)c1cccc(C=CC(C)(C)CO)c1. The summed E-state index contributed by atoms with van der Waals surface area (Å²) in [6.45, 7) is 8.61. The fourth-order valence-corrected chi connectivity index (χ4v) is 1.40. The molecule has 88 valence electrons. The first-order valence-electron chi connectivity index (χ1n) is 5.85. The third-order valence-electron chi connectivity index (χ3n) is 2.71. The molecule has 0 atom stereocenters. The average Bonchev–Trinajstić information content (AvgIpc) is 2.27. The van der Waals surface area contributed by atoms with Crippen LogP contribution in [0.4, 0.5) is 0 Å². The molecule has 0 amide bonds. The van der Waals surface area contributed by atoms with Gasteiger partial charge in [0, 0.05) is 5.41 Å². The van der Waals surface area contributed by atoms with Crippen LogP contribution in [0.2, 0.25) is 0 Å². The zero-order valence-electron chi connectivity index (χ0n) is 10.7. The molecular weight excluding hydrogens is 196 g/mol. The number of aliphatic hydroxyl groups is 1. The van der Waals surface area contributed by atoms with Gasteiger partial charge in [-0.15, -0.1) is 0 Å². The molecule has 0 aromatic heterocycles. The van der Waals surface area contributed by atoms with Crippen molar-refractivity contribution in [2.75, 3.05) is 6.61 Å². The molecule has 1 heteroatoms. The van der Waals surface area contributed by atoms with E-state index in [4.69, 9.17) is 5.11 Å². The first-order chi connectivity index (χ1) is 7.44. The van der Waals surface area contributed by atoms with Crippen molar-refractivity contribution in [3.63, 3.8) is 0 Å². The third kappa shape index (κ3) is 3.82. The molecule has 0 saturated heterocycles. The molecular formula is C15H22O. The molecule has 0 bridgehead atoms. The molecule has 1 aromatic carbocycles. The summed E-state index contributed by atoms with van der Waals surface area (Å²) in [7, 11) is 0. The summed E-state index contributed by atoms with van der Waals surface area (Å²) in [4.78, 5) is 0. The van der Waals surface area contributed by atoms with Crippen LogP contribution < -0.4 is 0 Å². The standard InChI is InChI=1S/C15H22O/c1-12(2)14-7-5-6-13(10-14)8-9-15(3,4)11-16/h5-10,12,16H,11H2,1-4H3. The lowest BCUT2D eigenvalue weighted by Crippen LogP contribution is -2.12. The van der Waals surface area contributed by atoms with E-state index in [9.17, 15) is 0 Å². The Labute approximate surface area is 98.8 Å². The Morgan fingerprint density at radius 3 is 2.56 bits per heavy atom. The van der Waals surface area contributed by atoms with Gasteiger partial charge < -0.3 is 5.11 Å². The third-order valence-corrected chi connectivity index (χ3v) is 2.71. The molecule has 0 heterocycles. The number of aliphatic hydroxyl groups excluding tert-OH is 1. The van der Waals surface area contributed by atoms with Crippen LogP contribution in [0.1, 0.15) is 44.7 Å². The van der Waals surface area contributed by atoms with Gasteiger partial charge in [-0.1, -0.05) is 64.1 Å². The Balaban J connectivity index is 2.86. The van der Waals surface area contributed by atoms with Crippen molar-refractivity contribution in [1.29, 1.82) is 0 Å². The predicted molar refractivity (Wildman–Crippen MR) is 70.4 cm³/mol. The molecule has 0 fully saturated rings. The molecule has 0 aliphatic heterocycles. The Morgan fingerprint density at radius 2 is 2.00 bits per heavy atom. The van der Waals surface area contributed by atoms with Gasteiger partial charge in [-0.3, -0.25) is 0 Å². The van der Waals surface area contributed by atoms with E-state index in [0.717, 1.165) is 0 Å². The van der Waals surface area contributed by atoms with E-state index in [1.807, 2.05) is 13.8 Å². The smallest absolute Gasteiger partial charge is 0.0516 e. The maximum atomic E-state index is 9.16. The maximum Gasteiger partial charge on any atom is 0.0516 e. The highest BCUT2D eigenvalue weighted by molar-refractivity contribution is 5.51. The minimum Gasteiger partial charge on any atom is -0.395 e. The Kier molecular flexibility index (Phi) is 4.31. The lowest BCUT2D eigenvalue weighted by Gasteiger charge is -2.15. The molecule has 0 aliphatic carbocycles. The lowest BCUT2D eigenvalue weighted by atomic mass is 9.93. The molecule has 0 saturated carbocycles. The van der Waals surface area contributed by atoms with Crippen molar-refractivity contribution in [2.45, 2.75) is 33.6 Å². The van der Waals surface area contributed by atoms with E-state index in [1.165, 1.54) is 11.1 Å². The van der Waals surface area contributed by atoms with Crippen LogP contribution in [-0.4, -0.2) is 11.7 Å². The number of rotatable bonds is 4. The first kappa shape index (κ1) is 13.0. The van der Waals surface area contributed by atoms with Crippen molar-refractivity contribution in [3.8, 4) is 0 Å². The van der Waals surface area contributed by atoms with E-state index in [-0.39, 0.29) is 12.0 Å². The Hall–Kier alpha value is -1.08. The van der Waals surface area contributed by atoms with Gasteiger partial charge in [0.05, 0.1) is 6.61 Å². The summed E-state index contributed by atoms with van der Waals surface area (Å²) in [6, 6.07) is 8.53. The maximum absolute atomic E-state index is 9.16. The van der Waals surface area contributed by atoms with Crippen molar-refractivity contribution in [1.82, 2.24) is 0 Å². The topological polar surface area (TPSA) is 20.2 Å². The molecule has 0 unspecified atom stereocenters. The predicted octanol–water partition coefficient (Wildman–Crippen LogP) is 3.84. The van der Waals surface area contributed by atoms with Gasteiger partial charge >= 0.3 is 0 Å². The van der Waals surface area contributed by atoms with Gasteiger partial charge in [0.25, 0.3) is 0 Å². The summed E-state index contributed by atoms with van der Waals surface area (Å²) >= 11 is 0. The second-order valence-electron chi connectivity index (χ2n) is 5.30. The normalized spacial score (nSPS) is 12.6. The van der Waals surface area contributed by atoms with Crippen LogP contribution in [-0.2, 0) is 0 Å². The summed E-state index contributed by atoms with van der Waals surface area (Å²) in [6.07, 6.45) is 4.15. The van der Waals surface area contributed by atoms with Crippen LogP contribution in [0.3, 0.4) is 0 Å². The Morgan fingerprint density at radius 1 is 1.31 bits per heavy atom. The van der Waals surface area contributed by atoms with Crippen LogP contribution >= 0.6 is 0 Å². The largest absolute Gasteiger partial charge is 0.395 e. The first-order valence-corrected chi connectivity index (χ1v) is 5.85. The van der Waals surface area contributed by atoms with E-state index in [1.54, 1.807) is 0 Å². The highest BCUT2D eigenvalue weighted by Crippen LogP contribution is 2.20. The lowest BCUT2D eigenvalue weighted by molar-refractivity contribution is 0.200. The van der Waals surface area contributed by atoms with E-state index in [0.29, 0.717) is 5.92 Å². The van der Waals surface area contributed by atoms with Crippen molar-refractivity contribution in [3.05, 3.63) is 41.5 Å². The van der Waals surface area contributed by atoms with Crippen molar-refractivity contribution >= 4 is 6.08 Å². The van der Waals surface area contributed by atoms with Crippen LogP contribution in [0.15, 0.2) is 30.3 Å². The van der Waals surface area contributed by atoms with Crippen LogP contribution in [0.5, 0.6) is 0 Å². The van der Waals surface area contributed by atoms with Crippen LogP contribution in [0.25, 0.3) is 6.08 Å². The molecule has 16 heavy (non-hydrogen) atoms. The van der Waals surface area contributed by atoms with Gasteiger partial charge in [0.15, 0.2) is 0 Å². The van der Waals surface area contributed by atoms with Crippen LogP contribution in [0, 0.1) is 5.41 Å². The van der Waals surface area contributed by atoms with E-state index in [2.05, 4.69) is 50.3 Å². The summed E-state index contributed by atoms with van der Waals surface area (Å²) in [5.41, 5.74) is 2.41. The monoisotopic (exact) mass is 218 g/mol. The molecule has 1 aromatic rings. The average molecular weight is 218 g/mol. The molecule has 1 N–H and O–H groups in total. The number of hydrogen-bond acceptors (Lipinski definition) is 1. The van der Waals surface area contributed by atoms with Crippen molar-refractivity contribution < 1.29 is 5.11 Å². The quantitative estimate of drug-likeness (QED) is 0.814. The van der Waals surface area contributed by atoms with E-state index >= 15 is 0 Å². The Bertz CT molecular complexity index is 361. The zero-order chi connectivity index (χ0) is 12.2. The minimum atomic E-state index is -0.145. The fraction of sp³-hybridized carbons (Fsp3) is 0.467. The van der Waals surface area contributed by atoms with Gasteiger partial charge in [-0.25, -0.2) is 0 Å². The molecule has 1 nitrogen and oxygen atoms in total. The summed E-state index contributed by atoms with van der Waals surface area (Å²) in [5, 5.41) is 9.16. The molecule has 0 spiro atoms. The number of benzene rings is 1. The van der Waals surface area contributed by atoms with Gasteiger partial charge in [-0.05, 0) is 17.0 Å². The van der Waals surface area contributed by atoms with Crippen molar-refractivity contribution in [2.24, 2.45) is 5.41 Å². The van der Waals surface area contributed by atoms with E-state index < -0.39 is 0 Å². The molecule has 1 rings (SSSR count). The summed E-state index contributed by atoms with van der Waals surface area (Å²) < 4.78 is 0. The summed E-state index contributed by atoms with van der Waals surface area (Å²) in [5.74, 6) is 0.555. The minimum absolute atomic E-state index is 0.145. The fourth-order valence-electron chi connectivity index (χ4n) is 1.40. The highest BCUT2D eigenvalue weighted by Gasteiger charge is 2.10. The molecule has 0 aliphatic rings. The second-order valence-corrected chi connectivity index (χ2v) is 5.30. The zero-order valence-corrected chi connectivity index (χ0v) is 10.7. The highest BCUT2D eigenvalue weighted by atomic mass is 16.3.